The monoisotopic (exact) mass is 386 g/mol. The van der Waals surface area contributed by atoms with Gasteiger partial charge in [-0.1, -0.05) is 0 Å². The maximum atomic E-state index is 12.6. The lowest BCUT2D eigenvalue weighted by Gasteiger charge is -2.22. The first kappa shape index (κ1) is 21.2. The smallest absolute Gasteiger partial charge is 0.282 e. The SMILES string of the molecule is COc1cc(C)c(C[NH+](C)[C@H](C)C(=O)Nc2ccc(C(N)=O)cc2)cc1OC. The third-order valence-corrected chi connectivity index (χ3v) is 4.88. The number of hydrogen-bond donors (Lipinski definition) is 3. The van der Waals surface area contributed by atoms with E-state index in [2.05, 4.69) is 5.32 Å². The van der Waals surface area contributed by atoms with E-state index < -0.39 is 5.91 Å². The van der Waals surface area contributed by atoms with Crippen molar-refractivity contribution in [2.45, 2.75) is 26.4 Å². The summed E-state index contributed by atoms with van der Waals surface area (Å²) in [7, 11) is 5.18. The molecule has 0 aliphatic rings. The standard InChI is InChI=1S/C21H27N3O4/c1-13-10-18(27-4)19(28-5)11-16(13)12-24(3)14(2)21(26)23-17-8-6-15(7-9-17)20(22)25/h6-11,14H,12H2,1-5H3,(H2,22,25)(H,23,26)/p+1/t14-/m1/s1. The largest absolute Gasteiger partial charge is 0.493 e. The molecule has 0 spiro atoms. The van der Waals surface area contributed by atoms with Crippen LogP contribution in [0.25, 0.3) is 0 Å². The first-order valence-corrected chi connectivity index (χ1v) is 9.01. The lowest BCUT2D eigenvalue weighted by atomic mass is 10.1. The van der Waals surface area contributed by atoms with Crippen LogP contribution in [0.15, 0.2) is 36.4 Å². The Morgan fingerprint density at radius 3 is 2.21 bits per heavy atom. The van der Waals surface area contributed by atoms with Gasteiger partial charge in [0.15, 0.2) is 17.5 Å². The highest BCUT2D eigenvalue weighted by Gasteiger charge is 2.23. The second kappa shape index (κ2) is 9.23. The van der Waals surface area contributed by atoms with Crippen LogP contribution in [0.3, 0.4) is 0 Å². The van der Waals surface area contributed by atoms with Crippen LogP contribution in [-0.2, 0) is 11.3 Å². The molecule has 1 unspecified atom stereocenters. The highest BCUT2D eigenvalue weighted by molar-refractivity contribution is 5.95. The molecule has 2 amide bonds. The zero-order chi connectivity index (χ0) is 20.8. The molecular weight excluding hydrogens is 358 g/mol. The summed E-state index contributed by atoms with van der Waals surface area (Å²) in [6, 6.07) is 10.1. The molecule has 7 heteroatoms. The highest BCUT2D eigenvalue weighted by Crippen LogP contribution is 2.29. The molecule has 0 bridgehead atoms. The molecule has 28 heavy (non-hydrogen) atoms. The molecule has 2 rings (SSSR count). The maximum Gasteiger partial charge on any atom is 0.282 e. The number of benzene rings is 2. The van der Waals surface area contributed by atoms with Gasteiger partial charge in [0.2, 0.25) is 5.91 Å². The fourth-order valence-electron chi connectivity index (χ4n) is 2.86. The van der Waals surface area contributed by atoms with E-state index in [0.29, 0.717) is 29.3 Å². The van der Waals surface area contributed by atoms with E-state index in [1.54, 1.807) is 38.5 Å². The second-order valence-corrected chi connectivity index (χ2v) is 6.81. The molecule has 0 saturated carbocycles. The lowest BCUT2D eigenvalue weighted by Crippen LogP contribution is -3.12. The van der Waals surface area contributed by atoms with Gasteiger partial charge >= 0.3 is 0 Å². The van der Waals surface area contributed by atoms with Gasteiger partial charge in [-0.2, -0.15) is 0 Å². The predicted octanol–water partition coefficient (Wildman–Crippen LogP) is 1.15. The summed E-state index contributed by atoms with van der Waals surface area (Å²) in [5, 5.41) is 2.87. The van der Waals surface area contributed by atoms with Crippen LogP contribution >= 0.6 is 0 Å². The maximum absolute atomic E-state index is 12.6. The third-order valence-electron chi connectivity index (χ3n) is 4.88. The van der Waals surface area contributed by atoms with Crippen molar-refractivity contribution >= 4 is 17.5 Å². The number of ether oxygens (including phenoxy) is 2. The third kappa shape index (κ3) is 5.01. The van der Waals surface area contributed by atoms with Gasteiger partial charge in [-0.05, 0) is 55.8 Å². The Balaban J connectivity index is 2.06. The van der Waals surface area contributed by atoms with E-state index in [4.69, 9.17) is 15.2 Å². The molecule has 0 heterocycles. The van der Waals surface area contributed by atoms with E-state index in [1.165, 1.54) is 0 Å². The summed E-state index contributed by atoms with van der Waals surface area (Å²) in [5.41, 5.74) is 8.41. The lowest BCUT2D eigenvalue weighted by molar-refractivity contribution is -0.907. The van der Waals surface area contributed by atoms with Crippen LogP contribution in [0.4, 0.5) is 5.69 Å². The average molecular weight is 386 g/mol. The number of methoxy groups -OCH3 is 2. The first-order chi connectivity index (χ1) is 13.3. The van der Waals surface area contributed by atoms with Gasteiger partial charge in [-0.15, -0.1) is 0 Å². The highest BCUT2D eigenvalue weighted by atomic mass is 16.5. The molecule has 0 aliphatic heterocycles. The van der Waals surface area contributed by atoms with E-state index in [-0.39, 0.29) is 11.9 Å². The Morgan fingerprint density at radius 2 is 1.68 bits per heavy atom. The molecule has 4 N–H and O–H groups in total. The molecule has 2 aromatic carbocycles. The number of nitrogens with one attached hydrogen (secondary N) is 2. The minimum Gasteiger partial charge on any atom is -0.493 e. The summed E-state index contributed by atoms with van der Waals surface area (Å²) >= 11 is 0. The fraction of sp³-hybridized carbons (Fsp3) is 0.333. The first-order valence-electron chi connectivity index (χ1n) is 9.01. The van der Waals surface area contributed by atoms with E-state index in [0.717, 1.165) is 16.0 Å². The number of nitrogens with two attached hydrogens (primary N) is 1. The summed E-state index contributed by atoms with van der Waals surface area (Å²) in [5.74, 6) is 0.748. The van der Waals surface area contributed by atoms with E-state index in [9.17, 15) is 9.59 Å². The van der Waals surface area contributed by atoms with Crippen molar-refractivity contribution in [3.05, 3.63) is 53.1 Å². The van der Waals surface area contributed by atoms with Crippen molar-refractivity contribution in [3.63, 3.8) is 0 Å². The van der Waals surface area contributed by atoms with Crippen LogP contribution in [0.2, 0.25) is 0 Å². The topological polar surface area (TPSA) is 95.1 Å². The van der Waals surface area contributed by atoms with Crippen LogP contribution in [0, 0.1) is 6.92 Å². The molecule has 7 nitrogen and oxygen atoms in total. The number of rotatable bonds is 8. The zero-order valence-electron chi connectivity index (χ0n) is 17.0. The average Bonchev–Trinajstić information content (AvgIpc) is 2.68. The van der Waals surface area contributed by atoms with Crippen molar-refractivity contribution in [2.24, 2.45) is 5.73 Å². The van der Waals surface area contributed by atoms with Gasteiger partial charge < -0.3 is 25.4 Å². The number of primary amides is 1. The fourth-order valence-corrected chi connectivity index (χ4v) is 2.86. The molecule has 0 saturated heterocycles. The molecule has 0 fully saturated rings. The van der Waals surface area contributed by atoms with Crippen molar-refractivity contribution in [2.75, 3.05) is 26.6 Å². The summed E-state index contributed by atoms with van der Waals surface area (Å²) in [6.07, 6.45) is 0. The molecule has 0 aromatic heterocycles. The van der Waals surface area contributed by atoms with Crippen LogP contribution < -0.4 is 25.4 Å². The number of likely N-dealkylation sites (N-methyl/N-ethyl adjacent to an activating group) is 1. The Hall–Kier alpha value is -3.06. The predicted molar refractivity (Wildman–Crippen MR) is 108 cm³/mol. The molecule has 150 valence electrons. The number of hydrogen-bond acceptors (Lipinski definition) is 4. The van der Waals surface area contributed by atoms with Crippen molar-refractivity contribution < 1.29 is 24.0 Å². The Kier molecular flexibility index (Phi) is 7.00. The van der Waals surface area contributed by atoms with Gasteiger partial charge in [-0.3, -0.25) is 9.59 Å². The quantitative estimate of drug-likeness (QED) is 0.634. The van der Waals surface area contributed by atoms with E-state index in [1.807, 2.05) is 33.0 Å². The summed E-state index contributed by atoms with van der Waals surface area (Å²) in [6.45, 7) is 4.54. The Labute approximate surface area is 165 Å². The summed E-state index contributed by atoms with van der Waals surface area (Å²) in [4.78, 5) is 24.8. The summed E-state index contributed by atoms with van der Waals surface area (Å²) < 4.78 is 10.7. The van der Waals surface area contributed by atoms with Crippen LogP contribution in [0.1, 0.15) is 28.4 Å². The number of carbonyl (C=O) groups excluding carboxylic acids is 2. The van der Waals surface area contributed by atoms with Gasteiger partial charge in [0.05, 0.1) is 21.3 Å². The van der Waals surface area contributed by atoms with Gasteiger partial charge in [0.25, 0.3) is 5.91 Å². The van der Waals surface area contributed by atoms with Gasteiger partial charge in [-0.25, -0.2) is 0 Å². The number of aryl methyl sites for hydroxylation is 1. The van der Waals surface area contributed by atoms with Gasteiger partial charge in [0, 0.05) is 16.8 Å². The Bertz CT molecular complexity index is 849. The van der Waals surface area contributed by atoms with Crippen molar-refractivity contribution in [3.8, 4) is 11.5 Å². The minimum absolute atomic E-state index is 0.109. The van der Waals surface area contributed by atoms with Crippen molar-refractivity contribution in [1.29, 1.82) is 0 Å². The normalized spacial score (nSPS) is 12.8. The molecule has 2 atom stereocenters. The molecule has 0 aliphatic carbocycles. The van der Waals surface area contributed by atoms with Crippen molar-refractivity contribution in [1.82, 2.24) is 0 Å². The molecular formula is C21H28N3O4+. The number of anilines is 1. The van der Waals surface area contributed by atoms with Crippen LogP contribution in [0.5, 0.6) is 11.5 Å². The van der Waals surface area contributed by atoms with Crippen LogP contribution in [-0.4, -0.2) is 39.1 Å². The van der Waals surface area contributed by atoms with Gasteiger partial charge in [0.1, 0.15) is 6.54 Å². The number of carbonyl (C=O) groups is 2. The Morgan fingerprint density at radius 1 is 1.11 bits per heavy atom. The number of quaternary nitrogens is 1. The molecule has 0 radical (unpaired) electrons. The van der Waals surface area contributed by atoms with E-state index >= 15 is 0 Å². The second-order valence-electron chi connectivity index (χ2n) is 6.81. The minimum atomic E-state index is -0.499. The molecule has 2 aromatic rings. The zero-order valence-corrected chi connectivity index (χ0v) is 17.0. The number of amides is 2.